The smallest absolute Gasteiger partial charge is 0.272 e. The van der Waals surface area contributed by atoms with Crippen LogP contribution in [0.4, 0.5) is 22.7 Å². The van der Waals surface area contributed by atoms with E-state index in [4.69, 9.17) is 9.47 Å². The van der Waals surface area contributed by atoms with Crippen molar-refractivity contribution in [2.24, 2.45) is 22.0 Å². The molecule has 0 fully saturated rings. The van der Waals surface area contributed by atoms with E-state index in [1.54, 1.807) is 14.2 Å². The molecule has 2 unspecified atom stereocenters. The largest absolute Gasteiger partial charge is 0.497 e. The van der Waals surface area contributed by atoms with Gasteiger partial charge in [-0.3, -0.25) is 9.59 Å². The predicted molar refractivity (Wildman–Crippen MR) is 208 cm³/mol. The molecular formula is C40H44N8O4. The first-order chi connectivity index (χ1) is 25.1. The zero-order chi connectivity index (χ0) is 36.8. The van der Waals surface area contributed by atoms with Crippen LogP contribution in [-0.4, -0.2) is 49.5 Å². The van der Waals surface area contributed by atoms with Crippen molar-refractivity contribution in [1.82, 2.24) is 10.9 Å². The van der Waals surface area contributed by atoms with Gasteiger partial charge in [-0.2, -0.15) is 20.2 Å². The quantitative estimate of drug-likeness (QED) is 0.0860. The first kappa shape index (κ1) is 35.8. The number of nitrogens with one attached hydrogen (secondary N) is 4. The van der Waals surface area contributed by atoms with Crippen LogP contribution in [0.2, 0.25) is 0 Å². The van der Waals surface area contributed by atoms with E-state index >= 15 is 0 Å². The van der Waals surface area contributed by atoms with Gasteiger partial charge in [-0.25, -0.2) is 10.9 Å². The van der Waals surface area contributed by atoms with Gasteiger partial charge in [0.1, 0.15) is 23.6 Å². The Bertz CT molecular complexity index is 1810. The highest BCUT2D eigenvalue weighted by molar-refractivity contribution is 6.20. The minimum atomic E-state index is -0.604. The fourth-order valence-electron chi connectivity index (χ4n) is 5.79. The summed E-state index contributed by atoms with van der Waals surface area (Å²) in [5.41, 5.74) is 19.3. The van der Waals surface area contributed by atoms with E-state index in [9.17, 15) is 9.59 Å². The van der Waals surface area contributed by atoms with Crippen LogP contribution in [0.3, 0.4) is 0 Å². The lowest BCUT2D eigenvalue weighted by molar-refractivity contribution is -0.119. The van der Waals surface area contributed by atoms with Gasteiger partial charge in [0.05, 0.1) is 37.0 Å². The molecule has 0 aliphatic carbocycles. The van der Waals surface area contributed by atoms with Crippen molar-refractivity contribution in [3.63, 3.8) is 0 Å². The summed E-state index contributed by atoms with van der Waals surface area (Å²) in [7, 11) is 3.21. The first-order valence-corrected chi connectivity index (χ1v) is 17.2. The summed E-state index contributed by atoms with van der Waals surface area (Å²) < 4.78 is 10.5. The highest BCUT2D eigenvalue weighted by atomic mass is 16.5. The Morgan fingerprint density at radius 1 is 0.558 bits per heavy atom. The number of carbonyl (C=O) groups excluding carboxylic acids is 2. The summed E-state index contributed by atoms with van der Waals surface area (Å²) in [5.74, 6) is 1.25. The molecule has 4 aromatic carbocycles. The molecule has 2 aliphatic rings. The lowest BCUT2D eigenvalue weighted by Gasteiger charge is -2.18. The van der Waals surface area contributed by atoms with Crippen molar-refractivity contribution < 1.29 is 19.1 Å². The van der Waals surface area contributed by atoms with Crippen molar-refractivity contribution in [3.05, 3.63) is 108 Å². The van der Waals surface area contributed by atoms with Gasteiger partial charge in [0.25, 0.3) is 11.8 Å². The number of hydrogen-bond donors (Lipinski definition) is 4. The standard InChI is InChI=1S/C40H44N8O4/c1-25(2)35-37(39(49)47(45-35)31-17-21-33(51-5)22-18-31)43-41-29-13-9-27(10-14-29)7-8-28-11-15-30(16-12-28)42-44-38-36(26(3)4)46-48(40(38)50)32-19-23-34(52-6)24-20-32/h7-26,37-38,41-44H,1-6H3/b8-7+. The van der Waals surface area contributed by atoms with Gasteiger partial charge in [-0.15, -0.1) is 0 Å². The fraction of sp³-hybridized carbons (Fsp3) is 0.250. The fourth-order valence-corrected chi connectivity index (χ4v) is 5.79. The first-order valence-electron chi connectivity index (χ1n) is 17.2. The van der Waals surface area contributed by atoms with E-state index in [0.717, 1.165) is 33.9 Å². The van der Waals surface area contributed by atoms with Crippen LogP contribution in [0.1, 0.15) is 38.8 Å². The van der Waals surface area contributed by atoms with Gasteiger partial charge < -0.3 is 20.3 Å². The van der Waals surface area contributed by atoms with Gasteiger partial charge in [0.15, 0.2) is 0 Å². The summed E-state index contributed by atoms with van der Waals surface area (Å²) in [6.07, 6.45) is 4.07. The third-order valence-electron chi connectivity index (χ3n) is 8.76. The minimum absolute atomic E-state index is 0.0699. The molecule has 0 saturated carbocycles. The van der Waals surface area contributed by atoms with Gasteiger partial charge in [-0.05, 0) is 95.8 Å². The molecule has 12 heteroatoms. The number of hydrazone groups is 2. The van der Waals surface area contributed by atoms with Crippen LogP contribution >= 0.6 is 0 Å². The number of methoxy groups -OCH3 is 2. The van der Waals surface area contributed by atoms with Crippen LogP contribution < -0.4 is 41.2 Å². The molecular weight excluding hydrogens is 656 g/mol. The van der Waals surface area contributed by atoms with E-state index in [0.29, 0.717) is 22.9 Å². The SMILES string of the molecule is COc1ccc(N2N=C(C(C)C)C(NNc3ccc(/C=C/c4ccc(NNC5C(=O)N(c6ccc(OC)cc6)N=C5C(C)C)cc4)cc3)C2=O)cc1. The van der Waals surface area contributed by atoms with E-state index in [-0.39, 0.29) is 23.7 Å². The number of carbonyl (C=O) groups is 2. The normalized spacial score (nSPS) is 17.3. The number of amides is 2. The third-order valence-corrected chi connectivity index (χ3v) is 8.76. The maximum atomic E-state index is 13.4. The summed E-state index contributed by atoms with van der Waals surface area (Å²) in [4.78, 5) is 26.7. The van der Waals surface area contributed by atoms with Crippen molar-refractivity contribution in [3.8, 4) is 11.5 Å². The van der Waals surface area contributed by atoms with E-state index < -0.39 is 12.1 Å². The third kappa shape index (κ3) is 7.98. The molecule has 0 bridgehead atoms. The maximum Gasteiger partial charge on any atom is 0.272 e. The zero-order valence-electron chi connectivity index (χ0n) is 30.1. The number of hydrogen-bond acceptors (Lipinski definition) is 10. The Labute approximate surface area is 304 Å². The Hall–Kier alpha value is -5.98. The lowest BCUT2D eigenvalue weighted by Crippen LogP contribution is -2.47. The van der Waals surface area contributed by atoms with Crippen molar-refractivity contribution in [2.75, 3.05) is 35.1 Å². The van der Waals surface area contributed by atoms with Gasteiger partial charge in [0.2, 0.25) is 0 Å². The monoisotopic (exact) mass is 700 g/mol. The molecule has 4 aromatic rings. The Kier molecular flexibility index (Phi) is 11.0. The highest BCUT2D eigenvalue weighted by Gasteiger charge is 2.39. The molecule has 4 N–H and O–H groups in total. The molecule has 6 rings (SSSR count). The van der Waals surface area contributed by atoms with E-state index in [1.807, 2.05) is 137 Å². The predicted octanol–water partition coefficient (Wildman–Crippen LogP) is 6.56. The summed E-state index contributed by atoms with van der Waals surface area (Å²) in [6.45, 7) is 8.09. The summed E-state index contributed by atoms with van der Waals surface area (Å²) in [6, 6.07) is 29.1. The second kappa shape index (κ2) is 15.9. The second-order valence-electron chi connectivity index (χ2n) is 13.0. The summed E-state index contributed by atoms with van der Waals surface area (Å²) >= 11 is 0. The topological polar surface area (TPSA) is 132 Å². The van der Waals surface area contributed by atoms with Crippen LogP contribution in [0.25, 0.3) is 12.2 Å². The minimum Gasteiger partial charge on any atom is -0.497 e. The average Bonchev–Trinajstić information content (AvgIpc) is 3.69. The number of hydrazine groups is 2. The Morgan fingerprint density at radius 2 is 0.904 bits per heavy atom. The maximum absolute atomic E-state index is 13.4. The molecule has 52 heavy (non-hydrogen) atoms. The van der Waals surface area contributed by atoms with Crippen LogP contribution in [-0.2, 0) is 9.59 Å². The van der Waals surface area contributed by atoms with Crippen molar-refractivity contribution >= 4 is 58.1 Å². The Balaban J connectivity index is 1.01. The van der Waals surface area contributed by atoms with Crippen molar-refractivity contribution in [2.45, 2.75) is 39.8 Å². The molecule has 2 aliphatic heterocycles. The van der Waals surface area contributed by atoms with E-state index in [2.05, 4.69) is 31.9 Å². The molecule has 0 spiro atoms. The number of nitrogens with zero attached hydrogens (tertiary/aromatic N) is 4. The molecule has 268 valence electrons. The van der Waals surface area contributed by atoms with Crippen LogP contribution in [0.5, 0.6) is 11.5 Å². The lowest BCUT2D eigenvalue weighted by atomic mass is 10.0. The number of rotatable bonds is 14. The van der Waals surface area contributed by atoms with Crippen LogP contribution in [0.15, 0.2) is 107 Å². The molecule has 12 nitrogen and oxygen atoms in total. The molecule has 0 aromatic heterocycles. The number of anilines is 4. The highest BCUT2D eigenvalue weighted by Crippen LogP contribution is 2.27. The molecule has 2 atom stereocenters. The van der Waals surface area contributed by atoms with E-state index in [1.165, 1.54) is 10.0 Å². The molecule has 2 heterocycles. The molecule has 0 saturated heterocycles. The van der Waals surface area contributed by atoms with Gasteiger partial charge >= 0.3 is 0 Å². The number of ether oxygens (including phenoxy) is 2. The zero-order valence-corrected chi connectivity index (χ0v) is 30.1. The second-order valence-corrected chi connectivity index (χ2v) is 13.0. The van der Waals surface area contributed by atoms with Crippen LogP contribution in [0, 0.1) is 11.8 Å². The Morgan fingerprint density at radius 3 is 1.21 bits per heavy atom. The molecule has 2 amide bonds. The number of benzene rings is 4. The van der Waals surface area contributed by atoms with Crippen molar-refractivity contribution in [1.29, 1.82) is 0 Å². The molecule has 0 radical (unpaired) electrons. The van der Waals surface area contributed by atoms with Gasteiger partial charge in [-0.1, -0.05) is 64.1 Å². The van der Waals surface area contributed by atoms with Gasteiger partial charge in [0, 0.05) is 11.4 Å². The average molecular weight is 701 g/mol. The summed E-state index contributed by atoms with van der Waals surface area (Å²) in [5, 5.41) is 12.1.